The van der Waals surface area contributed by atoms with Gasteiger partial charge in [0.25, 0.3) is 0 Å². The molecule has 7 aliphatic rings. The van der Waals surface area contributed by atoms with Gasteiger partial charge in [-0.3, -0.25) is 14.4 Å². The third-order valence-electron chi connectivity index (χ3n) is 16.4. The van der Waals surface area contributed by atoms with Crippen molar-refractivity contribution < 1.29 is 29.4 Å². The van der Waals surface area contributed by atoms with Crippen molar-refractivity contribution in [3.63, 3.8) is 0 Å². The Morgan fingerprint density at radius 1 is 0.964 bits per heavy atom. The molecule has 15 atom stereocenters. The average molecular weight is 788 g/mol. The number of hydrogen-bond donors (Lipinski definition) is 4. The predicted octanol–water partition coefficient (Wildman–Crippen LogP) is 4.94. The van der Waals surface area contributed by atoms with Gasteiger partial charge in [0.05, 0.1) is 18.8 Å². The first-order chi connectivity index (χ1) is 26.6. The largest absolute Gasteiger partial charge is 0.394 e. The van der Waals surface area contributed by atoms with Gasteiger partial charge in [0.1, 0.15) is 12.1 Å². The summed E-state index contributed by atoms with van der Waals surface area (Å²) < 4.78 is 6.46. The van der Waals surface area contributed by atoms with E-state index < -0.39 is 24.2 Å². The second-order valence-corrected chi connectivity index (χ2v) is 20.8. The first kappa shape index (κ1) is 44.2. The number of aliphatic hydroxyl groups excluding tert-OH is 2. The number of nitrogens with zero attached hydrogens (tertiary/aromatic N) is 3. The molecule has 56 heavy (non-hydrogen) atoms. The average Bonchev–Trinajstić information content (AvgIpc) is 3.53. The maximum atomic E-state index is 14.4. The summed E-state index contributed by atoms with van der Waals surface area (Å²) in [5, 5.41) is 30.3. The number of aliphatic hydroxyl groups is 2. The lowest BCUT2D eigenvalue weighted by Gasteiger charge is -2.62. The molecule has 1 heterocycles. The molecule has 4 N–H and O–H groups in total. The number of hydrogen-bond acceptors (Lipinski definition) is 9. The van der Waals surface area contributed by atoms with E-state index >= 15 is 0 Å². The number of carbonyl (C=O) groups excluding carboxylic acids is 2. The fraction of sp³-hybridized carbons (Fsp3) is 0.956. The van der Waals surface area contributed by atoms with Crippen LogP contribution in [0.1, 0.15) is 118 Å². The van der Waals surface area contributed by atoms with Crippen molar-refractivity contribution in [1.82, 2.24) is 25.5 Å². The minimum absolute atomic E-state index is 0.0408. The molecule has 11 nitrogen and oxygen atoms in total. The third-order valence-corrected chi connectivity index (χ3v) is 16.4. The molecule has 6 saturated carbocycles. The van der Waals surface area contributed by atoms with Crippen LogP contribution in [0, 0.1) is 58.7 Å². The minimum Gasteiger partial charge on any atom is -0.394 e. The molecule has 1 aliphatic heterocycles. The number of ether oxygens (including phenoxy) is 1. The maximum Gasteiger partial charge on any atom is 0.240 e. The zero-order chi connectivity index (χ0) is 40.5. The zero-order valence-corrected chi connectivity index (χ0v) is 36.6. The minimum atomic E-state index is -0.824. The highest BCUT2D eigenvalue weighted by molar-refractivity contribution is 5.83. The summed E-state index contributed by atoms with van der Waals surface area (Å²) in [7, 11) is 10.4. The molecule has 0 aromatic heterocycles. The molecule has 0 radical (unpaired) electrons. The van der Waals surface area contributed by atoms with Crippen molar-refractivity contribution in [2.75, 3.05) is 55.0 Å². The molecule has 1 saturated heterocycles. The van der Waals surface area contributed by atoms with Crippen molar-refractivity contribution in [1.29, 1.82) is 0 Å². The Morgan fingerprint density at radius 2 is 1.70 bits per heavy atom. The molecule has 322 valence electrons. The van der Waals surface area contributed by atoms with E-state index in [9.17, 15) is 19.8 Å². The molecule has 11 heteroatoms. The summed E-state index contributed by atoms with van der Waals surface area (Å²) in [5.41, 5.74) is 0.317. The van der Waals surface area contributed by atoms with Gasteiger partial charge in [-0.15, -0.1) is 0 Å². The molecule has 6 aliphatic carbocycles. The van der Waals surface area contributed by atoms with Gasteiger partial charge in [0.15, 0.2) is 0 Å². The van der Waals surface area contributed by atoms with Crippen LogP contribution in [-0.2, 0) is 19.2 Å². The van der Waals surface area contributed by atoms with Crippen LogP contribution in [0.5, 0.6) is 0 Å². The van der Waals surface area contributed by atoms with Crippen LogP contribution >= 0.6 is 0 Å². The molecule has 0 spiro atoms. The molecule has 0 aromatic rings. The topological polar surface area (TPSA) is 127 Å². The maximum absolute atomic E-state index is 14.4. The smallest absolute Gasteiger partial charge is 0.240 e. The lowest BCUT2D eigenvalue weighted by atomic mass is 9.45. The molecule has 7 fully saturated rings. The Bertz CT molecular complexity index is 1290. The van der Waals surface area contributed by atoms with Gasteiger partial charge in [0.2, 0.25) is 11.8 Å². The van der Waals surface area contributed by atoms with Gasteiger partial charge >= 0.3 is 0 Å². The Balaban J connectivity index is 1.15. The highest BCUT2D eigenvalue weighted by atomic mass is 16.7. The van der Waals surface area contributed by atoms with Gasteiger partial charge in [-0.2, -0.15) is 5.06 Å². The zero-order valence-electron chi connectivity index (χ0n) is 36.6. The van der Waals surface area contributed by atoms with Crippen LogP contribution < -0.4 is 10.6 Å². The molecule has 2 bridgehead atoms. The van der Waals surface area contributed by atoms with Gasteiger partial charge in [-0.05, 0) is 127 Å². The Morgan fingerprint density at radius 3 is 2.30 bits per heavy atom. The quantitative estimate of drug-likeness (QED) is 0.183. The van der Waals surface area contributed by atoms with Crippen LogP contribution in [0.25, 0.3) is 0 Å². The lowest BCUT2D eigenvalue weighted by Crippen LogP contribution is -2.62. The van der Waals surface area contributed by atoms with E-state index in [1.54, 1.807) is 6.92 Å². The molecule has 7 rings (SSSR count). The summed E-state index contributed by atoms with van der Waals surface area (Å²) >= 11 is 0. The van der Waals surface area contributed by atoms with Crippen LogP contribution in [-0.4, -0.2) is 134 Å². The van der Waals surface area contributed by atoms with E-state index in [0.29, 0.717) is 47.6 Å². The van der Waals surface area contributed by atoms with Gasteiger partial charge in [0, 0.05) is 56.1 Å². The highest BCUT2D eigenvalue weighted by Crippen LogP contribution is 2.61. The Hall–Kier alpha value is -1.34. The van der Waals surface area contributed by atoms with E-state index in [0.717, 1.165) is 57.9 Å². The number of fused-ring (bicyclic) bond motifs is 2. The predicted molar refractivity (Wildman–Crippen MR) is 220 cm³/mol. The molecule has 6 unspecified atom stereocenters. The van der Waals surface area contributed by atoms with E-state index in [1.807, 2.05) is 12.2 Å². The van der Waals surface area contributed by atoms with Crippen LogP contribution in [0.4, 0.5) is 0 Å². The molecular formula is C45H81N5O6. The number of amides is 2. The fourth-order valence-corrected chi connectivity index (χ4v) is 13.2. The number of nitrogens with one attached hydrogen (secondary N) is 2. The number of hydroxylamine groups is 2. The Kier molecular flexibility index (Phi) is 14.9. The van der Waals surface area contributed by atoms with Crippen LogP contribution in [0.3, 0.4) is 0 Å². The standard InChI is InChI=1S/C45H81N5O6/c1-27-37-22-33(45(37,3)4)23-38(27)47-44(54)41-40(28(2)52)39(26-51)56-50(41)24-30-16-13-17-36(42(30)55-9)31-19-32(21-35(20-31)49(7)8)43(53)46-34(25-48(5)6)18-29-14-11-10-12-15-29/h27-42,51-52H,10-26H2,1-9H3,(H,46,53)(H,47,54)/t27-,28-,30?,31?,32?,33+,34+,35?,36?,37-,38-,39-,40-,41-,42?/m0/s1. The van der Waals surface area contributed by atoms with Gasteiger partial charge in [-0.1, -0.05) is 59.3 Å². The fourth-order valence-electron chi connectivity index (χ4n) is 13.2. The Labute approximate surface area is 339 Å². The summed E-state index contributed by atoms with van der Waals surface area (Å²) in [6, 6.07) is -0.115. The summed E-state index contributed by atoms with van der Waals surface area (Å²) in [6.07, 6.45) is 14.1. The summed E-state index contributed by atoms with van der Waals surface area (Å²) in [6.45, 7) is 9.84. The lowest BCUT2D eigenvalue weighted by molar-refractivity contribution is -0.193. The SMILES string of the molecule is COC1C(CN2O[C@@H](CO)[C@H]([C@H](C)O)[C@H]2C(=O)N[C@H]2C[C@H]3C[C@@H]([C@@H]2C)C3(C)C)CCCC1C1CC(C(=O)N[C@H](CC2CCCCC2)CN(C)C)CC(N(C)C)C1. The van der Waals surface area contributed by atoms with Crippen LogP contribution in [0.2, 0.25) is 0 Å². The number of likely N-dealkylation sites (N-methyl/N-ethyl adjacent to an activating group) is 1. The van der Waals surface area contributed by atoms with Gasteiger partial charge < -0.3 is 35.4 Å². The summed E-state index contributed by atoms with van der Waals surface area (Å²) in [4.78, 5) is 39.6. The first-order valence-electron chi connectivity index (χ1n) is 22.8. The normalized spacial score (nSPS) is 40.3. The monoisotopic (exact) mass is 788 g/mol. The molecule has 0 aromatic carbocycles. The van der Waals surface area contributed by atoms with E-state index in [1.165, 1.54) is 38.5 Å². The first-order valence-corrected chi connectivity index (χ1v) is 22.8. The van der Waals surface area contributed by atoms with E-state index in [2.05, 4.69) is 69.4 Å². The van der Waals surface area contributed by atoms with Crippen molar-refractivity contribution in [2.24, 2.45) is 58.7 Å². The van der Waals surface area contributed by atoms with E-state index in [-0.39, 0.29) is 54.4 Å². The second kappa shape index (κ2) is 18.9. The van der Waals surface area contributed by atoms with Crippen LogP contribution in [0.15, 0.2) is 0 Å². The number of rotatable bonds is 15. The van der Waals surface area contributed by atoms with Crippen molar-refractivity contribution in [3.8, 4) is 0 Å². The summed E-state index contributed by atoms with van der Waals surface area (Å²) in [5.74, 6) is 2.55. The number of methoxy groups -OCH3 is 1. The van der Waals surface area contributed by atoms with Crippen molar-refractivity contribution >= 4 is 11.8 Å². The highest BCUT2D eigenvalue weighted by Gasteiger charge is 2.58. The van der Waals surface area contributed by atoms with E-state index in [4.69, 9.17) is 9.57 Å². The molecular weight excluding hydrogens is 707 g/mol. The molecule has 2 amide bonds. The third kappa shape index (κ3) is 9.65. The number of carbonyl (C=O) groups is 2. The van der Waals surface area contributed by atoms with Crippen molar-refractivity contribution in [2.45, 2.75) is 160 Å². The van der Waals surface area contributed by atoms with Gasteiger partial charge in [-0.25, -0.2) is 0 Å². The second-order valence-electron chi connectivity index (χ2n) is 20.8. The van der Waals surface area contributed by atoms with Crippen molar-refractivity contribution in [3.05, 3.63) is 0 Å².